The molecule has 0 saturated heterocycles. The van der Waals surface area contributed by atoms with Crippen molar-refractivity contribution in [1.29, 1.82) is 0 Å². The molecule has 0 heterocycles. The Labute approximate surface area is 110 Å². The second-order valence-corrected chi connectivity index (χ2v) is 6.27. The van der Waals surface area contributed by atoms with Crippen molar-refractivity contribution >= 4 is 5.69 Å². The molecular weight excluding hydrogens is 222 g/mol. The average Bonchev–Trinajstić information content (AvgIpc) is 2.31. The topological polar surface area (TPSA) is 32.3 Å². The van der Waals surface area contributed by atoms with Gasteiger partial charge in [0, 0.05) is 18.3 Å². The summed E-state index contributed by atoms with van der Waals surface area (Å²) in [5, 5.41) is 12.5. The maximum atomic E-state index is 8.89. The molecule has 1 atom stereocenters. The molecule has 1 aromatic rings. The largest absolute Gasteiger partial charge is 0.396 e. The molecule has 1 aliphatic rings. The highest BCUT2D eigenvalue weighted by Gasteiger charge is 2.27. The van der Waals surface area contributed by atoms with Crippen molar-refractivity contribution in [3.05, 3.63) is 29.8 Å². The molecule has 1 fully saturated rings. The first kappa shape index (κ1) is 13.4. The van der Waals surface area contributed by atoms with Gasteiger partial charge in [0.1, 0.15) is 0 Å². The normalized spacial score (nSPS) is 22.7. The van der Waals surface area contributed by atoms with Gasteiger partial charge in [-0.2, -0.15) is 0 Å². The molecule has 2 nitrogen and oxygen atoms in total. The quantitative estimate of drug-likeness (QED) is 0.852. The second kappa shape index (κ2) is 5.75. The maximum Gasteiger partial charge on any atom is 0.0471 e. The van der Waals surface area contributed by atoms with Gasteiger partial charge >= 0.3 is 0 Å². The molecule has 100 valence electrons. The molecular formula is C16H25NO. The van der Waals surface area contributed by atoms with Crippen molar-refractivity contribution in [2.45, 2.75) is 52.0 Å². The fourth-order valence-corrected chi connectivity index (χ4v) is 2.95. The first-order valence-corrected chi connectivity index (χ1v) is 7.05. The highest BCUT2D eigenvalue weighted by molar-refractivity contribution is 5.45. The monoisotopic (exact) mass is 247 g/mol. The molecule has 0 aromatic heterocycles. The summed E-state index contributed by atoms with van der Waals surface area (Å²) >= 11 is 0. The summed E-state index contributed by atoms with van der Waals surface area (Å²) in [6, 6.07) is 9.08. The van der Waals surface area contributed by atoms with Gasteiger partial charge < -0.3 is 10.4 Å². The Morgan fingerprint density at radius 1 is 1.28 bits per heavy atom. The van der Waals surface area contributed by atoms with E-state index in [1.165, 1.54) is 36.9 Å². The van der Waals surface area contributed by atoms with E-state index in [1.54, 1.807) is 0 Å². The number of anilines is 1. The van der Waals surface area contributed by atoms with E-state index in [-0.39, 0.29) is 6.61 Å². The maximum absolute atomic E-state index is 8.89. The van der Waals surface area contributed by atoms with Crippen molar-refractivity contribution in [3.8, 4) is 0 Å². The molecule has 0 bridgehead atoms. The van der Waals surface area contributed by atoms with Crippen molar-refractivity contribution in [2.75, 3.05) is 11.9 Å². The van der Waals surface area contributed by atoms with E-state index in [0.29, 0.717) is 11.5 Å². The zero-order valence-corrected chi connectivity index (χ0v) is 11.6. The summed E-state index contributed by atoms with van der Waals surface area (Å²) in [7, 11) is 0. The minimum absolute atomic E-state index is 0.226. The van der Waals surface area contributed by atoms with Crippen molar-refractivity contribution < 1.29 is 5.11 Å². The SMILES string of the molecule is CC1(C)CCCC(Nc2ccc(CCO)cc2)C1. The Kier molecular flexibility index (Phi) is 4.28. The number of rotatable bonds is 4. The van der Waals surface area contributed by atoms with Gasteiger partial charge in [0.05, 0.1) is 0 Å². The van der Waals surface area contributed by atoms with E-state index in [9.17, 15) is 0 Å². The molecule has 1 aromatic carbocycles. The van der Waals surface area contributed by atoms with Gasteiger partial charge in [-0.15, -0.1) is 0 Å². The minimum atomic E-state index is 0.226. The van der Waals surface area contributed by atoms with E-state index < -0.39 is 0 Å². The fraction of sp³-hybridized carbons (Fsp3) is 0.625. The first-order chi connectivity index (χ1) is 8.59. The number of hydrogen-bond donors (Lipinski definition) is 2. The summed E-state index contributed by atoms with van der Waals surface area (Å²) in [5.74, 6) is 0. The van der Waals surface area contributed by atoms with Crippen molar-refractivity contribution in [3.63, 3.8) is 0 Å². The number of hydrogen-bond acceptors (Lipinski definition) is 2. The summed E-state index contributed by atoms with van der Waals surface area (Å²) in [5.41, 5.74) is 2.89. The fourth-order valence-electron chi connectivity index (χ4n) is 2.95. The number of benzene rings is 1. The predicted molar refractivity (Wildman–Crippen MR) is 76.9 cm³/mol. The van der Waals surface area contributed by atoms with Crippen LogP contribution in [-0.4, -0.2) is 17.8 Å². The molecule has 0 aliphatic heterocycles. The standard InChI is InChI=1S/C16H25NO/c1-16(2)10-3-4-15(12-16)17-14-7-5-13(6-8-14)9-11-18/h5-8,15,17-18H,3-4,9-12H2,1-2H3. The third kappa shape index (κ3) is 3.74. The van der Waals surface area contributed by atoms with Gasteiger partial charge in [0.25, 0.3) is 0 Å². The van der Waals surface area contributed by atoms with Crippen molar-refractivity contribution in [1.82, 2.24) is 0 Å². The van der Waals surface area contributed by atoms with Crippen molar-refractivity contribution in [2.24, 2.45) is 5.41 Å². The Bertz CT molecular complexity index is 369. The lowest BCUT2D eigenvalue weighted by atomic mass is 9.75. The Morgan fingerprint density at radius 2 is 2.00 bits per heavy atom. The summed E-state index contributed by atoms with van der Waals surface area (Å²) in [6.45, 7) is 4.96. The molecule has 2 rings (SSSR count). The molecule has 1 aliphatic carbocycles. The van der Waals surface area contributed by atoms with Gasteiger partial charge in [-0.25, -0.2) is 0 Å². The Balaban J connectivity index is 1.92. The summed E-state index contributed by atoms with van der Waals surface area (Å²) < 4.78 is 0. The molecule has 0 amide bonds. The van der Waals surface area contributed by atoms with Crippen LogP contribution in [0.2, 0.25) is 0 Å². The molecule has 18 heavy (non-hydrogen) atoms. The summed E-state index contributed by atoms with van der Waals surface area (Å²) in [6.07, 6.45) is 5.96. The van der Waals surface area contributed by atoms with Crippen LogP contribution in [0.3, 0.4) is 0 Å². The zero-order chi connectivity index (χ0) is 13.0. The zero-order valence-electron chi connectivity index (χ0n) is 11.6. The molecule has 2 N–H and O–H groups in total. The second-order valence-electron chi connectivity index (χ2n) is 6.27. The van der Waals surface area contributed by atoms with E-state index in [0.717, 1.165) is 6.42 Å². The molecule has 1 unspecified atom stereocenters. The van der Waals surface area contributed by atoms with Gasteiger partial charge in [-0.1, -0.05) is 32.4 Å². The van der Waals surface area contributed by atoms with Crippen LogP contribution in [0, 0.1) is 5.41 Å². The predicted octanol–water partition coefficient (Wildman–Crippen LogP) is 3.60. The lowest BCUT2D eigenvalue weighted by molar-refractivity contribution is 0.229. The Morgan fingerprint density at radius 3 is 2.61 bits per heavy atom. The van der Waals surface area contributed by atoms with Gasteiger partial charge in [-0.05, 0) is 48.8 Å². The average molecular weight is 247 g/mol. The minimum Gasteiger partial charge on any atom is -0.396 e. The first-order valence-electron chi connectivity index (χ1n) is 7.05. The highest BCUT2D eigenvalue weighted by atomic mass is 16.2. The molecule has 0 radical (unpaired) electrons. The van der Waals surface area contributed by atoms with Gasteiger partial charge in [0.2, 0.25) is 0 Å². The lowest BCUT2D eigenvalue weighted by Gasteiger charge is -2.36. The van der Waals surface area contributed by atoms with Crippen LogP contribution in [-0.2, 0) is 6.42 Å². The van der Waals surface area contributed by atoms with Gasteiger partial charge in [0.15, 0.2) is 0 Å². The van der Waals surface area contributed by atoms with Crippen LogP contribution in [0.25, 0.3) is 0 Å². The van der Waals surface area contributed by atoms with E-state index in [1.807, 2.05) is 0 Å². The number of nitrogens with one attached hydrogen (secondary N) is 1. The third-order valence-electron chi connectivity index (χ3n) is 3.93. The van der Waals surface area contributed by atoms with E-state index in [2.05, 4.69) is 43.4 Å². The van der Waals surface area contributed by atoms with Crippen LogP contribution >= 0.6 is 0 Å². The van der Waals surface area contributed by atoms with Crippen LogP contribution in [0.4, 0.5) is 5.69 Å². The number of aliphatic hydroxyl groups is 1. The summed E-state index contributed by atoms with van der Waals surface area (Å²) in [4.78, 5) is 0. The van der Waals surface area contributed by atoms with Crippen LogP contribution in [0.1, 0.15) is 45.1 Å². The van der Waals surface area contributed by atoms with Crippen LogP contribution < -0.4 is 5.32 Å². The lowest BCUT2D eigenvalue weighted by Crippen LogP contribution is -2.31. The van der Waals surface area contributed by atoms with Gasteiger partial charge in [-0.3, -0.25) is 0 Å². The van der Waals surface area contributed by atoms with E-state index >= 15 is 0 Å². The molecule has 2 heteroatoms. The molecule has 0 spiro atoms. The van der Waals surface area contributed by atoms with Crippen LogP contribution in [0.5, 0.6) is 0 Å². The Hall–Kier alpha value is -1.02. The highest BCUT2D eigenvalue weighted by Crippen LogP contribution is 2.36. The third-order valence-corrected chi connectivity index (χ3v) is 3.93. The van der Waals surface area contributed by atoms with Crippen LogP contribution in [0.15, 0.2) is 24.3 Å². The smallest absolute Gasteiger partial charge is 0.0471 e. The molecule has 1 saturated carbocycles. The van der Waals surface area contributed by atoms with E-state index in [4.69, 9.17) is 5.11 Å². The number of aliphatic hydroxyl groups excluding tert-OH is 1.